The Morgan fingerprint density at radius 3 is 2.42 bits per heavy atom. The average molecular weight is 173 g/mol. The maximum Gasteiger partial charge on any atom is 0.409 e. The van der Waals surface area contributed by atoms with Crippen LogP contribution >= 0.6 is 0 Å². The van der Waals surface area contributed by atoms with Gasteiger partial charge < -0.3 is 14.8 Å². The summed E-state index contributed by atoms with van der Waals surface area (Å²) in [6, 6.07) is 0. The van der Waals surface area contributed by atoms with Crippen LogP contribution in [0.4, 0.5) is 4.79 Å². The zero-order chi connectivity index (χ0) is 9.56. The van der Waals surface area contributed by atoms with Crippen LogP contribution in [0, 0.1) is 0 Å². The average Bonchev–Trinajstić information content (AvgIpc) is 2.03. The molecule has 0 heterocycles. The molecule has 5 heteroatoms. The quantitative estimate of drug-likeness (QED) is 0.381. The van der Waals surface area contributed by atoms with Gasteiger partial charge >= 0.3 is 12.1 Å². The van der Waals surface area contributed by atoms with Crippen LogP contribution in [0.25, 0.3) is 0 Å². The standard InChI is InChI=1S/C7H11NO4/c1-5(2)6(9)11-4-12-7(10)8-3/h1,4H2,2-3H3,(H,8,10). The minimum atomic E-state index is -0.649. The van der Waals surface area contributed by atoms with Crippen LogP contribution in [0.3, 0.4) is 0 Å². The molecule has 0 spiro atoms. The van der Waals surface area contributed by atoms with Crippen molar-refractivity contribution < 1.29 is 19.1 Å². The summed E-state index contributed by atoms with van der Waals surface area (Å²) >= 11 is 0. The molecule has 0 aliphatic carbocycles. The lowest BCUT2D eigenvalue weighted by Crippen LogP contribution is -2.21. The van der Waals surface area contributed by atoms with Gasteiger partial charge in [-0.1, -0.05) is 6.58 Å². The van der Waals surface area contributed by atoms with Crippen LogP contribution < -0.4 is 5.32 Å². The Kier molecular flexibility index (Phi) is 4.52. The van der Waals surface area contributed by atoms with Gasteiger partial charge in [-0.25, -0.2) is 9.59 Å². The molecular formula is C7H11NO4. The first kappa shape index (κ1) is 10.5. The Hall–Kier alpha value is -1.52. The minimum absolute atomic E-state index is 0.260. The number of carbonyl (C=O) groups excluding carboxylic acids is 2. The second-order valence-electron chi connectivity index (χ2n) is 2.01. The summed E-state index contributed by atoms with van der Waals surface area (Å²) < 4.78 is 8.83. The molecule has 0 unspecified atom stereocenters. The lowest BCUT2D eigenvalue weighted by molar-refractivity contribution is -0.146. The van der Waals surface area contributed by atoms with E-state index in [1.54, 1.807) is 0 Å². The van der Waals surface area contributed by atoms with Crippen LogP contribution in [-0.2, 0) is 14.3 Å². The molecule has 5 nitrogen and oxygen atoms in total. The lowest BCUT2D eigenvalue weighted by atomic mass is 10.4. The lowest BCUT2D eigenvalue weighted by Gasteiger charge is -2.04. The molecule has 1 amide bonds. The van der Waals surface area contributed by atoms with E-state index < -0.39 is 18.9 Å². The van der Waals surface area contributed by atoms with Crippen LogP contribution in [-0.4, -0.2) is 25.9 Å². The van der Waals surface area contributed by atoms with Gasteiger partial charge in [0.25, 0.3) is 0 Å². The number of nitrogens with one attached hydrogen (secondary N) is 1. The predicted molar refractivity (Wildman–Crippen MR) is 41.3 cm³/mol. The topological polar surface area (TPSA) is 64.6 Å². The van der Waals surface area contributed by atoms with Crippen molar-refractivity contribution in [3.05, 3.63) is 12.2 Å². The summed E-state index contributed by atoms with van der Waals surface area (Å²) in [4.78, 5) is 21.1. The number of rotatable bonds is 3. The normalized spacial score (nSPS) is 8.50. The van der Waals surface area contributed by atoms with Gasteiger partial charge in [0.2, 0.25) is 6.79 Å². The molecule has 12 heavy (non-hydrogen) atoms. The van der Waals surface area contributed by atoms with E-state index in [-0.39, 0.29) is 5.57 Å². The van der Waals surface area contributed by atoms with Crippen molar-refractivity contribution in [3.63, 3.8) is 0 Å². The SMILES string of the molecule is C=C(C)C(=O)OCOC(=O)NC. The zero-order valence-corrected chi connectivity index (χ0v) is 7.05. The summed E-state index contributed by atoms with van der Waals surface area (Å²) in [6.07, 6.45) is -0.649. The number of esters is 1. The van der Waals surface area contributed by atoms with Crippen LogP contribution in [0.2, 0.25) is 0 Å². The highest BCUT2D eigenvalue weighted by molar-refractivity contribution is 5.86. The van der Waals surface area contributed by atoms with E-state index in [1.807, 2.05) is 0 Å². The highest BCUT2D eigenvalue weighted by atomic mass is 16.7. The Balaban J connectivity index is 3.50. The molecule has 0 aromatic heterocycles. The van der Waals surface area contributed by atoms with Crippen molar-refractivity contribution in [1.29, 1.82) is 0 Å². The van der Waals surface area contributed by atoms with Crippen molar-refractivity contribution in [3.8, 4) is 0 Å². The Labute approximate surface area is 70.3 Å². The Morgan fingerprint density at radius 1 is 1.42 bits per heavy atom. The number of ether oxygens (including phenoxy) is 2. The van der Waals surface area contributed by atoms with Crippen molar-refractivity contribution in [2.75, 3.05) is 13.8 Å². The molecule has 1 N–H and O–H groups in total. The van der Waals surface area contributed by atoms with E-state index in [9.17, 15) is 9.59 Å². The second-order valence-corrected chi connectivity index (χ2v) is 2.01. The summed E-state index contributed by atoms with van der Waals surface area (Å²) in [7, 11) is 1.41. The monoisotopic (exact) mass is 173 g/mol. The summed E-state index contributed by atoms with van der Waals surface area (Å²) in [5.41, 5.74) is 0.260. The number of carbonyl (C=O) groups is 2. The molecule has 0 saturated carbocycles. The van der Waals surface area contributed by atoms with Crippen LogP contribution in [0.15, 0.2) is 12.2 Å². The highest BCUT2D eigenvalue weighted by Gasteiger charge is 2.03. The first-order chi connectivity index (χ1) is 5.57. The minimum Gasteiger partial charge on any atom is -0.424 e. The molecule has 0 radical (unpaired) electrons. The molecule has 0 aliphatic rings. The molecule has 68 valence electrons. The number of amides is 1. The largest absolute Gasteiger partial charge is 0.424 e. The molecule has 0 aromatic carbocycles. The Morgan fingerprint density at radius 2 is 2.00 bits per heavy atom. The third-order valence-electron chi connectivity index (χ3n) is 0.933. The first-order valence-electron chi connectivity index (χ1n) is 3.25. The van der Waals surface area contributed by atoms with Gasteiger partial charge in [0.15, 0.2) is 0 Å². The highest BCUT2D eigenvalue weighted by Crippen LogP contribution is 1.91. The van der Waals surface area contributed by atoms with Crippen molar-refractivity contribution in [2.45, 2.75) is 6.92 Å². The van der Waals surface area contributed by atoms with Gasteiger partial charge in [-0.3, -0.25) is 0 Å². The maximum atomic E-state index is 10.7. The molecule has 0 saturated heterocycles. The summed E-state index contributed by atoms with van der Waals surface area (Å²) in [5, 5.41) is 2.19. The summed E-state index contributed by atoms with van der Waals surface area (Å²) in [6.45, 7) is 4.45. The van der Waals surface area contributed by atoms with Gasteiger partial charge in [-0.05, 0) is 6.92 Å². The van der Waals surface area contributed by atoms with E-state index in [1.165, 1.54) is 14.0 Å². The molecule has 0 aromatic rings. The second kappa shape index (κ2) is 5.17. The molecule has 0 fully saturated rings. The summed E-state index contributed by atoms with van der Waals surface area (Å²) in [5.74, 6) is -0.584. The zero-order valence-electron chi connectivity index (χ0n) is 7.05. The molecule has 0 rings (SSSR count). The number of alkyl carbamates (subject to hydrolysis) is 1. The van der Waals surface area contributed by atoms with Gasteiger partial charge in [-0.2, -0.15) is 0 Å². The van der Waals surface area contributed by atoms with Crippen LogP contribution in [0.5, 0.6) is 0 Å². The van der Waals surface area contributed by atoms with Gasteiger partial charge in [0.05, 0.1) is 0 Å². The van der Waals surface area contributed by atoms with Gasteiger partial charge in [0.1, 0.15) is 0 Å². The maximum absolute atomic E-state index is 10.7. The fourth-order valence-corrected chi connectivity index (χ4v) is 0.332. The number of hydrogen-bond acceptors (Lipinski definition) is 4. The van der Waals surface area contributed by atoms with E-state index in [2.05, 4.69) is 21.4 Å². The predicted octanol–water partition coefficient (Wildman–Crippen LogP) is 0.419. The Bertz CT molecular complexity index is 200. The molecule has 0 aliphatic heterocycles. The fraction of sp³-hybridized carbons (Fsp3) is 0.429. The van der Waals surface area contributed by atoms with E-state index in [4.69, 9.17) is 0 Å². The third kappa shape index (κ3) is 4.32. The van der Waals surface area contributed by atoms with Crippen LogP contribution in [0.1, 0.15) is 6.92 Å². The van der Waals surface area contributed by atoms with E-state index in [0.29, 0.717) is 0 Å². The van der Waals surface area contributed by atoms with Gasteiger partial charge in [0, 0.05) is 12.6 Å². The fourth-order valence-electron chi connectivity index (χ4n) is 0.332. The molecular weight excluding hydrogens is 162 g/mol. The van der Waals surface area contributed by atoms with Gasteiger partial charge in [-0.15, -0.1) is 0 Å². The third-order valence-corrected chi connectivity index (χ3v) is 0.933. The molecule has 0 bridgehead atoms. The van der Waals surface area contributed by atoms with Crippen molar-refractivity contribution >= 4 is 12.1 Å². The smallest absolute Gasteiger partial charge is 0.409 e. The number of hydrogen-bond donors (Lipinski definition) is 1. The first-order valence-corrected chi connectivity index (χ1v) is 3.25. The van der Waals surface area contributed by atoms with Crippen molar-refractivity contribution in [1.82, 2.24) is 5.32 Å². The van der Waals surface area contributed by atoms with E-state index in [0.717, 1.165) is 0 Å². The van der Waals surface area contributed by atoms with E-state index >= 15 is 0 Å². The molecule has 0 atom stereocenters. The van der Waals surface area contributed by atoms with Crippen molar-refractivity contribution in [2.24, 2.45) is 0 Å².